The summed E-state index contributed by atoms with van der Waals surface area (Å²) in [6.45, 7) is 2.47. The van der Waals surface area contributed by atoms with E-state index in [0.717, 1.165) is 32.1 Å². The van der Waals surface area contributed by atoms with E-state index in [-0.39, 0.29) is 16.1 Å². The van der Waals surface area contributed by atoms with Crippen molar-refractivity contribution in [3.63, 3.8) is 0 Å². The summed E-state index contributed by atoms with van der Waals surface area (Å²) < 4.78 is 1.58. The van der Waals surface area contributed by atoms with Crippen molar-refractivity contribution in [3.8, 4) is 0 Å². The number of rotatable bonds is 6. The maximum Gasteiger partial charge on any atom is 0.334 e. The van der Waals surface area contributed by atoms with Crippen LogP contribution >= 0.6 is 0 Å². The molecule has 2 rings (SSSR count). The van der Waals surface area contributed by atoms with Gasteiger partial charge in [-0.15, -0.1) is 0 Å². The van der Waals surface area contributed by atoms with E-state index in [1.807, 2.05) is 6.92 Å². The summed E-state index contributed by atoms with van der Waals surface area (Å²) in [6, 6.07) is 0. The SMILES string of the molecule is CCCc1nn(C)c(NC2(CN)CCCC2)c1[N+](=O)[O-]. The lowest BCUT2D eigenvalue weighted by atomic mass is 9.98. The number of aryl methyl sites for hydroxylation is 2. The molecule has 3 N–H and O–H groups in total. The number of nitrogens with zero attached hydrogens (tertiary/aromatic N) is 3. The van der Waals surface area contributed by atoms with Gasteiger partial charge in [0, 0.05) is 13.6 Å². The summed E-state index contributed by atoms with van der Waals surface area (Å²) in [4.78, 5) is 11.0. The molecule has 0 radical (unpaired) electrons. The fraction of sp³-hybridized carbons (Fsp3) is 0.769. The zero-order valence-corrected chi connectivity index (χ0v) is 12.2. The predicted octanol–water partition coefficient (Wildman–Crippen LogP) is 1.96. The van der Waals surface area contributed by atoms with Gasteiger partial charge in [-0.2, -0.15) is 5.10 Å². The number of aromatic nitrogens is 2. The van der Waals surface area contributed by atoms with Crippen molar-refractivity contribution >= 4 is 11.5 Å². The lowest BCUT2D eigenvalue weighted by molar-refractivity contribution is -0.384. The molecule has 112 valence electrons. The van der Waals surface area contributed by atoms with Crippen molar-refractivity contribution in [3.05, 3.63) is 15.8 Å². The molecule has 0 amide bonds. The van der Waals surface area contributed by atoms with Crippen LogP contribution in [-0.4, -0.2) is 26.8 Å². The topological polar surface area (TPSA) is 99.0 Å². The molecule has 1 heterocycles. The Kier molecular flexibility index (Phi) is 4.27. The molecule has 1 fully saturated rings. The Morgan fingerprint density at radius 2 is 2.15 bits per heavy atom. The number of nitrogens with two attached hydrogens (primary N) is 1. The average molecular weight is 281 g/mol. The number of anilines is 1. The molecule has 7 nitrogen and oxygen atoms in total. The van der Waals surface area contributed by atoms with Gasteiger partial charge >= 0.3 is 5.69 Å². The Hall–Kier alpha value is -1.63. The highest BCUT2D eigenvalue weighted by molar-refractivity contribution is 5.61. The second kappa shape index (κ2) is 5.78. The molecule has 1 aliphatic rings. The molecule has 0 unspecified atom stereocenters. The van der Waals surface area contributed by atoms with Crippen LogP contribution in [0.15, 0.2) is 0 Å². The molecule has 0 aliphatic heterocycles. The Morgan fingerprint density at radius 3 is 2.65 bits per heavy atom. The maximum absolute atomic E-state index is 11.4. The molecule has 0 aromatic carbocycles. The molecule has 7 heteroatoms. The zero-order valence-electron chi connectivity index (χ0n) is 12.2. The van der Waals surface area contributed by atoms with E-state index < -0.39 is 0 Å². The van der Waals surface area contributed by atoms with E-state index in [1.165, 1.54) is 0 Å². The van der Waals surface area contributed by atoms with Crippen molar-refractivity contribution in [2.75, 3.05) is 11.9 Å². The quantitative estimate of drug-likeness (QED) is 0.613. The van der Waals surface area contributed by atoms with Crippen LogP contribution in [0.4, 0.5) is 11.5 Å². The molecule has 0 atom stereocenters. The van der Waals surface area contributed by atoms with Crippen molar-refractivity contribution in [1.29, 1.82) is 0 Å². The van der Waals surface area contributed by atoms with Gasteiger partial charge in [0.2, 0.25) is 5.82 Å². The summed E-state index contributed by atoms with van der Waals surface area (Å²) in [5.74, 6) is 0.491. The smallest absolute Gasteiger partial charge is 0.334 e. The van der Waals surface area contributed by atoms with Crippen LogP contribution in [-0.2, 0) is 13.5 Å². The van der Waals surface area contributed by atoms with Crippen LogP contribution in [0.2, 0.25) is 0 Å². The fourth-order valence-corrected chi connectivity index (χ4v) is 2.99. The van der Waals surface area contributed by atoms with Crippen molar-refractivity contribution in [2.45, 2.75) is 51.0 Å². The van der Waals surface area contributed by atoms with E-state index in [0.29, 0.717) is 24.5 Å². The normalized spacial score (nSPS) is 17.4. The maximum atomic E-state index is 11.4. The highest BCUT2D eigenvalue weighted by Gasteiger charge is 2.36. The molecule has 1 aromatic heterocycles. The minimum Gasteiger partial charge on any atom is -0.358 e. The average Bonchev–Trinajstić information content (AvgIpc) is 2.97. The molecule has 1 aromatic rings. The molecule has 0 spiro atoms. The zero-order chi connectivity index (χ0) is 14.8. The van der Waals surface area contributed by atoms with Gasteiger partial charge in [-0.25, -0.2) is 4.68 Å². The van der Waals surface area contributed by atoms with Crippen LogP contribution < -0.4 is 11.1 Å². The predicted molar refractivity (Wildman–Crippen MR) is 77.7 cm³/mol. The summed E-state index contributed by atoms with van der Waals surface area (Å²) in [6.07, 6.45) is 5.57. The van der Waals surface area contributed by atoms with Crippen LogP contribution in [0.25, 0.3) is 0 Å². The van der Waals surface area contributed by atoms with E-state index in [4.69, 9.17) is 5.73 Å². The minimum atomic E-state index is -0.334. The van der Waals surface area contributed by atoms with Gasteiger partial charge in [0.15, 0.2) is 0 Å². The van der Waals surface area contributed by atoms with E-state index in [1.54, 1.807) is 11.7 Å². The van der Waals surface area contributed by atoms with Crippen molar-refractivity contribution in [1.82, 2.24) is 9.78 Å². The summed E-state index contributed by atoms with van der Waals surface area (Å²) in [5, 5.41) is 19.0. The number of hydrogen-bond donors (Lipinski definition) is 2. The molecular weight excluding hydrogens is 258 g/mol. The highest BCUT2D eigenvalue weighted by atomic mass is 16.6. The van der Waals surface area contributed by atoms with Gasteiger partial charge in [0.1, 0.15) is 5.69 Å². The third kappa shape index (κ3) is 2.63. The Morgan fingerprint density at radius 1 is 1.50 bits per heavy atom. The Labute approximate surface area is 118 Å². The van der Waals surface area contributed by atoms with E-state index in [2.05, 4.69) is 10.4 Å². The largest absolute Gasteiger partial charge is 0.358 e. The molecule has 20 heavy (non-hydrogen) atoms. The van der Waals surface area contributed by atoms with Gasteiger partial charge < -0.3 is 11.1 Å². The first-order valence-corrected chi connectivity index (χ1v) is 7.21. The Bertz CT molecular complexity index is 491. The van der Waals surface area contributed by atoms with Gasteiger partial charge in [-0.05, 0) is 19.3 Å². The monoisotopic (exact) mass is 281 g/mol. The number of nitrogens with one attached hydrogen (secondary N) is 1. The molecule has 1 saturated carbocycles. The van der Waals surface area contributed by atoms with Crippen molar-refractivity contribution in [2.24, 2.45) is 12.8 Å². The summed E-state index contributed by atoms with van der Waals surface area (Å²) in [5.41, 5.74) is 6.33. The number of nitro groups is 1. The molecule has 1 aliphatic carbocycles. The first-order valence-electron chi connectivity index (χ1n) is 7.21. The summed E-state index contributed by atoms with van der Waals surface area (Å²) >= 11 is 0. The van der Waals surface area contributed by atoms with Gasteiger partial charge in [0.25, 0.3) is 0 Å². The van der Waals surface area contributed by atoms with Gasteiger partial charge in [-0.3, -0.25) is 10.1 Å². The first-order chi connectivity index (χ1) is 9.53. The highest BCUT2D eigenvalue weighted by Crippen LogP contribution is 2.36. The third-order valence-corrected chi connectivity index (χ3v) is 4.10. The van der Waals surface area contributed by atoms with E-state index in [9.17, 15) is 10.1 Å². The first kappa shape index (κ1) is 14.8. The fourth-order valence-electron chi connectivity index (χ4n) is 2.99. The number of hydrogen-bond acceptors (Lipinski definition) is 5. The minimum absolute atomic E-state index is 0.106. The van der Waals surface area contributed by atoms with Crippen LogP contribution in [0.3, 0.4) is 0 Å². The summed E-state index contributed by atoms with van der Waals surface area (Å²) in [7, 11) is 1.74. The van der Waals surface area contributed by atoms with Gasteiger partial charge in [0.05, 0.1) is 10.5 Å². The van der Waals surface area contributed by atoms with Crippen LogP contribution in [0, 0.1) is 10.1 Å². The molecule has 0 bridgehead atoms. The van der Waals surface area contributed by atoms with Crippen LogP contribution in [0.5, 0.6) is 0 Å². The lowest BCUT2D eigenvalue weighted by Gasteiger charge is -2.29. The van der Waals surface area contributed by atoms with E-state index >= 15 is 0 Å². The van der Waals surface area contributed by atoms with Crippen LogP contribution in [0.1, 0.15) is 44.7 Å². The second-order valence-electron chi connectivity index (χ2n) is 5.59. The van der Waals surface area contributed by atoms with Gasteiger partial charge in [-0.1, -0.05) is 26.2 Å². The standard InChI is InChI=1S/C13H23N5O2/c1-3-6-10-11(18(19)20)12(17(2)16-10)15-13(9-14)7-4-5-8-13/h15H,3-9,14H2,1-2H3. The molecular formula is C13H23N5O2. The lowest BCUT2D eigenvalue weighted by Crippen LogP contribution is -2.43. The Balaban J connectivity index is 2.37. The third-order valence-electron chi connectivity index (χ3n) is 4.10. The van der Waals surface area contributed by atoms with Crippen molar-refractivity contribution < 1.29 is 4.92 Å². The second-order valence-corrected chi connectivity index (χ2v) is 5.59. The molecule has 0 saturated heterocycles.